The molecule has 0 amide bonds. The van der Waals surface area contributed by atoms with Crippen LogP contribution < -0.4 is 5.32 Å². The Morgan fingerprint density at radius 3 is 2.05 bits per heavy atom. The van der Waals surface area contributed by atoms with Crippen LogP contribution in [0.25, 0.3) is 0 Å². The van der Waals surface area contributed by atoms with E-state index in [1.165, 1.54) is 51.5 Å². The van der Waals surface area contributed by atoms with Crippen molar-refractivity contribution in [3.05, 3.63) is 0 Å². The third-order valence-electron chi connectivity index (χ3n) is 6.36. The van der Waals surface area contributed by atoms with Crippen LogP contribution in [0.5, 0.6) is 0 Å². The predicted octanol–water partition coefficient (Wildman–Crippen LogP) is 5.25. The standard InChI is InChI=1S/C19H37N/c1-14-6-11-18(12-15(14)2)20-13-16-7-9-17(10-8-16)19(3,4)5/h14-18,20H,6-13H2,1-5H3. The average Bonchev–Trinajstić information content (AvgIpc) is 2.40. The van der Waals surface area contributed by atoms with Gasteiger partial charge in [0.05, 0.1) is 0 Å². The van der Waals surface area contributed by atoms with Gasteiger partial charge in [0.25, 0.3) is 0 Å². The molecule has 1 heteroatoms. The van der Waals surface area contributed by atoms with Crippen molar-refractivity contribution in [2.24, 2.45) is 29.1 Å². The lowest BCUT2D eigenvalue weighted by Gasteiger charge is -2.38. The van der Waals surface area contributed by atoms with Gasteiger partial charge in [-0.1, -0.05) is 34.6 Å². The first-order chi connectivity index (χ1) is 9.36. The van der Waals surface area contributed by atoms with E-state index in [0.29, 0.717) is 5.41 Å². The van der Waals surface area contributed by atoms with Crippen molar-refractivity contribution in [3.63, 3.8) is 0 Å². The molecule has 0 radical (unpaired) electrons. The first-order valence-corrected chi connectivity index (χ1v) is 9.09. The van der Waals surface area contributed by atoms with E-state index in [1.807, 2.05) is 0 Å². The Kier molecular flexibility index (Phi) is 5.56. The molecule has 1 nitrogen and oxygen atoms in total. The summed E-state index contributed by atoms with van der Waals surface area (Å²) in [5.41, 5.74) is 0.521. The highest BCUT2D eigenvalue weighted by molar-refractivity contribution is 4.84. The molecule has 2 rings (SSSR count). The molecule has 2 aliphatic rings. The Balaban J connectivity index is 1.66. The number of rotatable bonds is 3. The van der Waals surface area contributed by atoms with Gasteiger partial charge in [0.1, 0.15) is 0 Å². The summed E-state index contributed by atoms with van der Waals surface area (Å²) in [6, 6.07) is 0.807. The van der Waals surface area contributed by atoms with Crippen LogP contribution in [0.2, 0.25) is 0 Å². The Labute approximate surface area is 127 Å². The molecule has 0 aromatic heterocycles. The van der Waals surface area contributed by atoms with E-state index >= 15 is 0 Å². The maximum Gasteiger partial charge on any atom is 0.00699 e. The van der Waals surface area contributed by atoms with Crippen molar-refractivity contribution in [2.45, 2.75) is 85.6 Å². The molecule has 0 saturated heterocycles. The largest absolute Gasteiger partial charge is 0.314 e. The van der Waals surface area contributed by atoms with Gasteiger partial charge in [-0.05, 0) is 80.6 Å². The van der Waals surface area contributed by atoms with Crippen molar-refractivity contribution in [2.75, 3.05) is 6.54 Å². The molecule has 0 aromatic rings. The number of nitrogens with one attached hydrogen (secondary N) is 1. The molecule has 3 unspecified atom stereocenters. The van der Waals surface area contributed by atoms with E-state index in [0.717, 1.165) is 29.7 Å². The summed E-state index contributed by atoms with van der Waals surface area (Å²) in [6.45, 7) is 13.4. The molecule has 2 fully saturated rings. The van der Waals surface area contributed by atoms with Crippen LogP contribution >= 0.6 is 0 Å². The summed E-state index contributed by atoms with van der Waals surface area (Å²) in [6.07, 6.45) is 10.0. The molecule has 2 aliphatic carbocycles. The molecule has 0 aliphatic heterocycles. The van der Waals surface area contributed by atoms with Gasteiger partial charge in [0.15, 0.2) is 0 Å². The minimum Gasteiger partial charge on any atom is -0.314 e. The van der Waals surface area contributed by atoms with Crippen LogP contribution in [-0.2, 0) is 0 Å². The van der Waals surface area contributed by atoms with E-state index in [4.69, 9.17) is 0 Å². The van der Waals surface area contributed by atoms with Crippen molar-refractivity contribution in [1.29, 1.82) is 0 Å². The van der Waals surface area contributed by atoms with Gasteiger partial charge in [-0.2, -0.15) is 0 Å². The summed E-state index contributed by atoms with van der Waals surface area (Å²) in [5.74, 6) is 3.76. The molecule has 2 saturated carbocycles. The van der Waals surface area contributed by atoms with E-state index < -0.39 is 0 Å². The second kappa shape index (κ2) is 6.81. The van der Waals surface area contributed by atoms with Crippen LogP contribution in [0, 0.1) is 29.1 Å². The van der Waals surface area contributed by atoms with Crippen molar-refractivity contribution >= 4 is 0 Å². The van der Waals surface area contributed by atoms with Crippen LogP contribution in [0.15, 0.2) is 0 Å². The van der Waals surface area contributed by atoms with Crippen LogP contribution in [-0.4, -0.2) is 12.6 Å². The second-order valence-electron chi connectivity index (χ2n) is 8.96. The van der Waals surface area contributed by atoms with Crippen LogP contribution in [0.3, 0.4) is 0 Å². The Morgan fingerprint density at radius 2 is 1.50 bits per heavy atom. The van der Waals surface area contributed by atoms with Crippen LogP contribution in [0.4, 0.5) is 0 Å². The van der Waals surface area contributed by atoms with E-state index in [-0.39, 0.29) is 0 Å². The van der Waals surface area contributed by atoms with E-state index in [1.54, 1.807) is 0 Å². The molecular weight excluding hydrogens is 242 g/mol. The smallest absolute Gasteiger partial charge is 0.00699 e. The Morgan fingerprint density at radius 1 is 0.850 bits per heavy atom. The van der Waals surface area contributed by atoms with Crippen molar-refractivity contribution in [1.82, 2.24) is 5.32 Å². The van der Waals surface area contributed by atoms with Gasteiger partial charge in [0.2, 0.25) is 0 Å². The third kappa shape index (κ3) is 4.48. The molecule has 0 spiro atoms. The molecular formula is C19H37N. The molecule has 0 bridgehead atoms. The van der Waals surface area contributed by atoms with Gasteiger partial charge in [-0.15, -0.1) is 0 Å². The van der Waals surface area contributed by atoms with Crippen LogP contribution in [0.1, 0.15) is 79.6 Å². The zero-order valence-corrected chi connectivity index (χ0v) is 14.5. The van der Waals surface area contributed by atoms with Gasteiger partial charge >= 0.3 is 0 Å². The lowest BCUT2D eigenvalue weighted by atomic mass is 9.70. The minimum absolute atomic E-state index is 0.521. The lowest BCUT2D eigenvalue weighted by molar-refractivity contribution is 0.143. The van der Waals surface area contributed by atoms with Gasteiger partial charge < -0.3 is 5.32 Å². The molecule has 0 heterocycles. The second-order valence-corrected chi connectivity index (χ2v) is 8.96. The predicted molar refractivity (Wildman–Crippen MR) is 88.9 cm³/mol. The Hall–Kier alpha value is -0.0400. The summed E-state index contributed by atoms with van der Waals surface area (Å²) >= 11 is 0. The molecule has 20 heavy (non-hydrogen) atoms. The molecule has 118 valence electrons. The molecule has 0 aromatic carbocycles. The van der Waals surface area contributed by atoms with Crippen molar-refractivity contribution < 1.29 is 0 Å². The Bertz CT molecular complexity index is 283. The summed E-state index contributed by atoms with van der Waals surface area (Å²) in [4.78, 5) is 0. The first-order valence-electron chi connectivity index (χ1n) is 9.09. The lowest BCUT2D eigenvalue weighted by Crippen LogP contribution is -2.39. The molecule has 1 N–H and O–H groups in total. The fourth-order valence-electron chi connectivity index (χ4n) is 4.30. The maximum absolute atomic E-state index is 3.90. The van der Waals surface area contributed by atoms with Gasteiger partial charge in [0, 0.05) is 6.04 Å². The topological polar surface area (TPSA) is 12.0 Å². The highest BCUT2D eigenvalue weighted by atomic mass is 14.9. The zero-order valence-electron chi connectivity index (χ0n) is 14.5. The normalized spacial score (nSPS) is 39.8. The quantitative estimate of drug-likeness (QED) is 0.743. The fraction of sp³-hybridized carbons (Fsp3) is 1.00. The zero-order chi connectivity index (χ0) is 14.8. The van der Waals surface area contributed by atoms with Gasteiger partial charge in [-0.3, -0.25) is 0 Å². The summed E-state index contributed by atoms with van der Waals surface area (Å²) < 4.78 is 0. The van der Waals surface area contributed by atoms with E-state index in [2.05, 4.69) is 39.9 Å². The fourth-order valence-corrected chi connectivity index (χ4v) is 4.30. The van der Waals surface area contributed by atoms with Gasteiger partial charge in [-0.25, -0.2) is 0 Å². The number of hydrogen-bond donors (Lipinski definition) is 1. The highest BCUT2D eigenvalue weighted by Gasteiger charge is 2.30. The molecule has 3 atom stereocenters. The first kappa shape index (κ1) is 16.3. The summed E-state index contributed by atoms with van der Waals surface area (Å²) in [7, 11) is 0. The summed E-state index contributed by atoms with van der Waals surface area (Å²) in [5, 5.41) is 3.90. The highest BCUT2D eigenvalue weighted by Crippen LogP contribution is 2.39. The monoisotopic (exact) mass is 279 g/mol. The third-order valence-corrected chi connectivity index (χ3v) is 6.36. The van der Waals surface area contributed by atoms with E-state index in [9.17, 15) is 0 Å². The minimum atomic E-state index is 0.521. The number of hydrogen-bond acceptors (Lipinski definition) is 1. The van der Waals surface area contributed by atoms with Crippen molar-refractivity contribution in [3.8, 4) is 0 Å². The average molecular weight is 280 g/mol. The SMILES string of the molecule is CC1CCC(NCC2CCC(C(C)(C)C)CC2)CC1C. The maximum atomic E-state index is 3.90.